The van der Waals surface area contributed by atoms with E-state index in [2.05, 4.69) is 13.8 Å². The van der Waals surface area contributed by atoms with Crippen LogP contribution in [0.5, 0.6) is 0 Å². The third-order valence-corrected chi connectivity index (χ3v) is 1.95. The van der Waals surface area contributed by atoms with Gasteiger partial charge in [0.25, 0.3) is 0 Å². The van der Waals surface area contributed by atoms with Gasteiger partial charge >= 0.3 is 0 Å². The number of hydrogen-bond acceptors (Lipinski definition) is 1. The number of benzene rings is 1. The quantitative estimate of drug-likeness (QED) is 0.642. The molecule has 0 N–H and O–H groups in total. The molecule has 0 atom stereocenters. The molecule has 0 aliphatic carbocycles. The van der Waals surface area contributed by atoms with Gasteiger partial charge in [0.15, 0.2) is 5.78 Å². The molecule has 1 radical (unpaired) electrons. The van der Waals surface area contributed by atoms with Gasteiger partial charge in [0, 0.05) is 12.0 Å². The van der Waals surface area contributed by atoms with Crippen LogP contribution in [0.2, 0.25) is 0 Å². The Morgan fingerprint density at radius 2 is 1.69 bits per heavy atom. The Hall–Kier alpha value is -1.11. The summed E-state index contributed by atoms with van der Waals surface area (Å²) < 4.78 is 0. The topological polar surface area (TPSA) is 17.1 Å². The van der Waals surface area contributed by atoms with Crippen LogP contribution < -0.4 is 0 Å². The van der Waals surface area contributed by atoms with Crippen LogP contribution in [0, 0.1) is 5.92 Å². The molecular weight excluding hydrogens is 160 g/mol. The first-order valence-electron chi connectivity index (χ1n) is 4.57. The van der Waals surface area contributed by atoms with Crippen LogP contribution in [0.1, 0.15) is 37.0 Å². The van der Waals surface area contributed by atoms with Gasteiger partial charge in [0.1, 0.15) is 0 Å². The van der Waals surface area contributed by atoms with E-state index in [0.717, 1.165) is 12.0 Å². The number of carbonyl (C=O) groups excluding carboxylic acids is 1. The zero-order valence-electron chi connectivity index (χ0n) is 8.21. The molecule has 0 amide bonds. The molecule has 0 saturated heterocycles. The second kappa shape index (κ2) is 4.80. The number of carbonyl (C=O) groups is 1. The first kappa shape index (κ1) is 9.97. The Balaban J connectivity index is 2.50. The van der Waals surface area contributed by atoms with E-state index in [1.165, 1.54) is 5.92 Å². The van der Waals surface area contributed by atoms with Crippen molar-refractivity contribution in [1.29, 1.82) is 0 Å². The third-order valence-electron chi connectivity index (χ3n) is 1.95. The second-order valence-corrected chi connectivity index (χ2v) is 3.50. The van der Waals surface area contributed by atoms with Crippen LogP contribution in [0.4, 0.5) is 0 Å². The molecule has 1 rings (SSSR count). The maximum atomic E-state index is 11.5. The molecule has 0 unspecified atom stereocenters. The molecule has 0 aliphatic rings. The van der Waals surface area contributed by atoms with E-state index >= 15 is 0 Å². The molecule has 69 valence electrons. The molecule has 0 bridgehead atoms. The minimum atomic E-state index is 0.238. The van der Waals surface area contributed by atoms with Crippen molar-refractivity contribution in [2.45, 2.75) is 26.7 Å². The zero-order valence-corrected chi connectivity index (χ0v) is 8.21. The van der Waals surface area contributed by atoms with Crippen LogP contribution in [0.3, 0.4) is 0 Å². The molecule has 0 spiro atoms. The van der Waals surface area contributed by atoms with E-state index < -0.39 is 0 Å². The summed E-state index contributed by atoms with van der Waals surface area (Å²) in [5, 5.41) is 0. The summed E-state index contributed by atoms with van der Waals surface area (Å²) in [5.41, 5.74) is 0.823. The summed E-state index contributed by atoms with van der Waals surface area (Å²) in [7, 11) is 0. The largest absolute Gasteiger partial charge is 0.294 e. The fourth-order valence-electron chi connectivity index (χ4n) is 1.13. The van der Waals surface area contributed by atoms with Crippen molar-refractivity contribution in [3.63, 3.8) is 0 Å². The standard InChI is InChI=1S/C12H15O/c1-10(2)8-9-12(13)11-6-4-3-5-7-11/h3-7H,8-9H2,1-2H3. The van der Waals surface area contributed by atoms with Crippen molar-refractivity contribution in [3.05, 3.63) is 41.8 Å². The molecule has 0 aliphatic heterocycles. The average molecular weight is 175 g/mol. The van der Waals surface area contributed by atoms with Gasteiger partial charge in [-0.15, -0.1) is 0 Å². The van der Waals surface area contributed by atoms with Crippen LogP contribution >= 0.6 is 0 Å². The van der Waals surface area contributed by atoms with Crippen LogP contribution in [-0.2, 0) is 0 Å². The summed E-state index contributed by atoms with van der Waals surface area (Å²) in [6, 6.07) is 9.46. The van der Waals surface area contributed by atoms with Crippen molar-refractivity contribution in [2.24, 2.45) is 0 Å². The van der Waals surface area contributed by atoms with E-state index in [9.17, 15) is 4.79 Å². The maximum absolute atomic E-state index is 11.5. The average Bonchev–Trinajstić information content (AvgIpc) is 2.15. The smallest absolute Gasteiger partial charge is 0.162 e. The Kier molecular flexibility index (Phi) is 3.69. The first-order chi connectivity index (χ1) is 6.20. The zero-order chi connectivity index (χ0) is 9.68. The highest BCUT2D eigenvalue weighted by atomic mass is 16.1. The number of ketones is 1. The van der Waals surface area contributed by atoms with Crippen molar-refractivity contribution < 1.29 is 4.79 Å². The van der Waals surface area contributed by atoms with Crippen LogP contribution in [-0.4, -0.2) is 5.78 Å². The minimum Gasteiger partial charge on any atom is -0.294 e. The predicted octanol–water partition coefficient (Wildman–Crippen LogP) is 3.26. The molecule has 0 aromatic heterocycles. The lowest BCUT2D eigenvalue weighted by Gasteiger charge is -2.02. The molecule has 1 aromatic rings. The lowest BCUT2D eigenvalue weighted by molar-refractivity contribution is 0.0981. The fraction of sp³-hybridized carbons (Fsp3) is 0.333. The molecule has 0 saturated carbocycles. The monoisotopic (exact) mass is 175 g/mol. The highest BCUT2D eigenvalue weighted by Gasteiger charge is 2.05. The molecule has 13 heavy (non-hydrogen) atoms. The Bertz CT molecular complexity index is 262. The summed E-state index contributed by atoms with van der Waals surface area (Å²) in [6.07, 6.45) is 1.53. The van der Waals surface area contributed by atoms with Crippen LogP contribution in [0.25, 0.3) is 0 Å². The maximum Gasteiger partial charge on any atom is 0.162 e. The van der Waals surface area contributed by atoms with Crippen molar-refractivity contribution in [2.75, 3.05) is 0 Å². The lowest BCUT2D eigenvalue weighted by Crippen LogP contribution is -1.99. The van der Waals surface area contributed by atoms with Crippen molar-refractivity contribution >= 4 is 5.78 Å². The van der Waals surface area contributed by atoms with E-state index in [1.807, 2.05) is 30.3 Å². The third kappa shape index (κ3) is 3.41. The fourth-order valence-corrected chi connectivity index (χ4v) is 1.13. The molecule has 0 heterocycles. The molecule has 1 aromatic carbocycles. The molecule has 1 heteroatoms. The predicted molar refractivity (Wildman–Crippen MR) is 54.6 cm³/mol. The van der Waals surface area contributed by atoms with Crippen molar-refractivity contribution in [1.82, 2.24) is 0 Å². The Morgan fingerprint density at radius 3 is 2.23 bits per heavy atom. The number of rotatable bonds is 4. The normalized spacial score (nSPS) is 10.4. The van der Waals surface area contributed by atoms with Gasteiger partial charge in [-0.3, -0.25) is 4.79 Å². The first-order valence-corrected chi connectivity index (χ1v) is 4.57. The molecule has 0 fully saturated rings. The van der Waals surface area contributed by atoms with Gasteiger partial charge in [0.2, 0.25) is 0 Å². The summed E-state index contributed by atoms with van der Waals surface area (Å²) in [6.45, 7) is 4.11. The van der Waals surface area contributed by atoms with Crippen molar-refractivity contribution in [3.8, 4) is 0 Å². The Labute approximate surface area is 79.8 Å². The molecular formula is C12H15O. The summed E-state index contributed by atoms with van der Waals surface area (Å²) >= 11 is 0. The van der Waals surface area contributed by atoms with Gasteiger partial charge in [0.05, 0.1) is 0 Å². The van der Waals surface area contributed by atoms with E-state index in [0.29, 0.717) is 6.42 Å². The van der Waals surface area contributed by atoms with Gasteiger partial charge < -0.3 is 0 Å². The van der Waals surface area contributed by atoms with E-state index in [1.54, 1.807) is 0 Å². The summed E-state index contributed by atoms with van der Waals surface area (Å²) in [4.78, 5) is 11.5. The minimum absolute atomic E-state index is 0.238. The second-order valence-electron chi connectivity index (χ2n) is 3.50. The number of hydrogen-bond donors (Lipinski definition) is 0. The molecule has 1 nitrogen and oxygen atoms in total. The van der Waals surface area contributed by atoms with Gasteiger partial charge in [-0.1, -0.05) is 44.2 Å². The van der Waals surface area contributed by atoms with E-state index in [4.69, 9.17) is 0 Å². The van der Waals surface area contributed by atoms with Crippen LogP contribution in [0.15, 0.2) is 30.3 Å². The van der Waals surface area contributed by atoms with Gasteiger partial charge in [-0.05, 0) is 12.3 Å². The highest BCUT2D eigenvalue weighted by Crippen LogP contribution is 2.10. The van der Waals surface area contributed by atoms with E-state index in [-0.39, 0.29) is 5.78 Å². The highest BCUT2D eigenvalue weighted by molar-refractivity contribution is 5.96. The SMILES string of the molecule is C[C](C)CCC(=O)c1ccccc1. The lowest BCUT2D eigenvalue weighted by atomic mass is 10.0. The summed E-state index contributed by atoms with van der Waals surface area (Å²) in [5.74, 6) is 1.55. The van der Waals surface area contributed by atoms with Gasteiger partial charge in [-0.2, -0.15) is 0 Å². The Morgan fingerprint density at radius 1 is 1.08 bits per heavy atom. The number of Topliss-reactive ketones (excluding diaryl/α,β-unsaturated/α-hetero) is 1. The van der Waals surface area contributed by atoms with Gasteiger partial charge in [-0.25, -0.2) is 0 Å².